The van der Waals surface area contributed by atoms with E-state index >= 15 is 0 Å². The molecule has 3 aromatic rings. The number of rotatable bonds is 9. The number of imidazole rings is 1. The molecule has 0 unspecified atom stereocenters. The van der Waals surface area contributed by atoms with E-state index in [1.165, 1.54) is 50.7 Å². The van der Waals surface area contributed by atoms with Gasteiger partial charge in [-0.05, 0) is 56.4 Å². The lowest BCUT2D eigenvalue weighted by Crippen LogP contribution is -2.50. The summed E-state index contributed by atoms with van der Waals surface area (Å²) in [5, 5.41) is 2.82. The first-order valence-corrected chi connectivity index (χ1v) is 14.4. The van der Waals surface area contributed by atoms with Crippen LogP contribution in [-0.2, 0) is 17.8 Å². The van der Waals surface area contributed by atoms with Crippen LogP contribution < -0.4 is 5.32 Å². The van der Waals surface area contributed by atoms with Crippen LogP contribution in [0.4, 0.5) is 4.39 Å². The van der Waals surface area contributed by atoms with Crippen LogP contribution in [0, 0.1) is 5.82 Å². The van der Waals surface area contributed by atoms with Crippen molar-refractivity contribution in [2.24, 2.45) is 0 Å². The number of aryl methyl sites for hydroxylation is 1. The molecule has 0 aliphatic heterocycles. The maximum Gasteiger partial charge on any atom is 0.254 e. The summed E-state index contributed by atoms with van der Waals surface area (Å²) < 4.78 is 16.0. The number of benzene rings is 2. The molecule has 2 aliphatic rings. The molecule has 2 aromatic carbocycles. The van der Waals surface area contributed by atoms with Crippen LogP contribution >= 0.6 is 0 Å². The summed E-state index contributed by atoms with van der Waals surface area (Å²) in [6, 6.07) is 14.7. The van der Waals surface area contributed by atoms with E-state index in [-0.39, 0.29) is 11.5 Å². The molecule has 2 amide bonds. The number of hydrogen-bond acceptors (Lipinski definition) is 3. The molecule has 1 heterocycles. The minimum atomic E-state index is -0.522. The summed E-state index contributed by atoms with van der Waals surface area (Å²) in [6.45, 7) is 0.699. The van der Waals surface area contributed by atoms with Gasteiger partial charge in [0, 0.05) is 25.0 Å². The Morgan fingerprint density at radius 1 is 0.895 bits per heavy atom. The number of aromatic nitrogens is 2. The zero-order valence-electron chi connectivity index (χ0n) is 22.2. The molecule has 0 bridgehead atoms. The molecule has 38 heavy (non-hydrogen) atoms. The topological polar surface area (TPSA) is 67.2 Å². The number of halogens is 1. The fourth-order valence-electron chi connectivity index (χ4n) is 6.32. The summed E-state index contributed by atoms with van der Waals surface area (Å²) in [5.74, 6) is 0.126. The molecule has 0 radical (unpaired) electrons. The molecule has 0 spiro atoms. The van der Waals surface area contributed by atoms with Crippen molar-refractivity contribution in [2.45, 2.75) is 95.7 Å². The lowest BCUT2D eigenvalue weighted by Gasteiger charge is -2.42. The van der Waals surface area contributed by atoms with Crippen molar-refractivity contribution >= 4 is 22.8 Å². The highest BCUT2D eigenvalue weighted by Gasteiger charge is 2.33. The molecule has 1 aromatic heterocycles. The Hall–Kier alpha value is -3.22. The molecule has 1 N–H and O–H groups in total. The normalized spacial score (nSPS) is 17.0. The maximum atomic E-state index is 14.0. The molecular formula is C31H39FN4O2. The van der Waals surface area contributed by atoms with Crippen molar-refractivity contribution in [3.8, 4) is 0 Å². The van der Waals surface area contributed by atoms with E-state index in [1.807, 2.05) is 24.3 Å². The predicted molar refractivity (Wildman–Crippen MR) is 147 cm³/mol. The molecule has 6 nitrogen and oxygen atoms in total. The van der Waals surface area contributed by atoms with Crippen molar-refractivity contribution in [3.63, 3.8) is 0 Å². The average molecular weight is 519 g/mol. The van der Waals surface area contributed by atoms with Gasteiger partial charge < -0.3 is 14.8 Å². The number of para-hydroxylation sites is 2. The van der Waals surface area contributed by atoms with Crippen LogP contribution in [0.2, 0.25) is 0 Å². The summed E-state index contributed by atoms with van der Waals surface area (Å²) in [4.78, 5) is 33.5. The fraction of sp³-hybridized carbons (Fsp3) is 0.516. The Bertz CT molecular complexity index is 1230. The number of nitrogens with one attached hydrogen (secondary N) is 1. The third kappa shape index (κ3) is 6.08. The first-order chi connectivity index (χ1) is 18.6. The number of amides is 2. The Balaban J connectivity index is 1.30. The molecule has 2 saturated carbocycles. The van der Waals surface area contributed by atoms with Crippen molar-refractivity contribution in [2.75, 3.05) is 6.54 Å². The Morgan fingerprint density at radius 3 is 2.21 bits per heavy atom. The van der Waals surface area contributed by atoms with E-state index in [1.54, 1.807) is 12.1 Å². The highest BCUT2D eigenvalue weighted by atomic mass is 19.1. The molecule has 5 rings (SSSR count). The summed E-state index contributed by atoms with van der Waals surface area (Å²) in [6.07, 6.45) is 13.1. The molecular weight excluding hydrogens is 479 g/mol. The monoisotopic (exact) mass is 518 g/mol. The highest BCUT2D eigenvalue weighted by molar-refractivity contribution is 5.94. The third-order valence-electron chi connectivity index (χ3n) is 8.23. The smallest absolute Gasteiger partial charge is 0.254 e. The lowest BCUT2D eigenvalue weighted by molar-refractivity contribution is -0.138. The number of fused-ring (bicyclic) bond motifs is 1. The molecule has 202 valence electrons. The second-order valence-electron chi connectivity index (χ2n) is 10.8. The largest absolute Gasteiger partial charge is 0.352 e. The third-order valence-corrected chi connectivity index (χ3v) is 8.23. The maximum absolute atomic E-state index is 14.0. The number of carbonyl (C=O) groups is 2. The summed E-state index contributed by atoms with van der Waals surface area (Å²) >= 11 is 0. The minimum absolute atomic E-state index is 0.0517. The second-order valence-corrected chi connectivity index (χ2v) is 10.8. The van der Waals surface area contributed by atoms with Gasteiger partial charge in [-0.25, -0.2) is 9.37 Å². The van der Waals surface area contributed by atoms with E-state index < -0.39 is 11.7 Å². The van der Waals surface area contributed by atoms with Crippen LogP contribution in [-0.4, -0.2) is 44.9 Å². The minimum Gasteiger partial charge on any atom is -0.352 e. The lowest BCUT2D eigenvalue weighted by atomic mass is 9.88. The predicted octanol–water partition coefficient (Wildman–Crippen LogP) is 6.03. The zero-order valence-corrected chi connectivity index (χ0v) is 22.2. The van der Waals surface area contributed by atoms with Gasteiger partial charge in [0.15, 0.2) is 0 Å². The Morgan fingerprint density at radius 2 is 1.53 bits per heavy atom. The number of carbonyl (C=O) groups excluding carboxylic acids is 2. The van der Waals surface area contributed by atoms with Gasteiger partial charge in [-0.1, -0.05) is 62.8 Å². The van der Waals surface area contributed by atoms with Crippen LogP contribution in [0.25, 0.3) is 11.0 Å². The summed E-state index contributed by atoms with van der Waals surface area (Å²) in [5.41, 5.74) is 1.90. The van der Waals surface area contributed by atoms with E-state index in [0.717, 1.165) is 42.5 Å². The van der Waals surface area contributed by atoms with Crippen LogP contribution in [0.3, 0.4) is 0 Å². The zero-order chi connectivity index (χ0) is 26.3. The van der Waals surface area contributed by atoms with Crippen LogP contribution in [0.5, 0.6) is 0 Å². The molecule has 0 atom stereocenters. The van der Waals surface area contributed by atoms with Gasteiger partial charge in [0.05, 0.1) is 16.6 Å². The van der Waals surface area contributed by atoms with Gasteiger partial charge in [-0.2, -0.15) is 0 Å². The van der Waals surface area contributed by atoms with E-state index in [0.29, 0.717) is 38.0 Å². The Labute approximate surface area is 224 Å². The van der Waals surface area contributed by atoms with Crippen molar-refractivity contribution in [3.05, 3.63) is 65.7 Å². The summed E-state index contributed by atoms with van der Waals surface area (Å²) in [7, 11) is 0. The van der Waals surface area contributed by atoms with Gasteiger partial charge in [0.25, 0.3) is 5.91 Å². The van der Waals surface area contributed by atoms with E-state index in [4.69, 9.17) is 4.98 Å². The van der Waals surface area contributed by atoms with E-state index in [2.05, 4.69) is 14.8 Å². The van der Waals surface area contributed by atoms with Crippen molar-refractivity contribution in [1.29, 1.82) is 0 Å². The molecule has 7 heteroatoms. The average Bonchev–Trinajstić information content (AvgIpc) is 3.29. The molecule has 2 aliphatic carbocycles. The fourth-order valence-corrected chi connectivity index (χ4v) is 6.32. The quantitative estimate of drug-likeness (QED) is 0.352. The van der Waals surface area contributed by atoms with Crippen LogP contribution in [0.1, 0.15) is 86.8 Å². The first-order valence-electron chi connectivity index (χ1n) is 14.4. The second kappa shape index (κ2) is 12.5. The standard InChI is InChI=1S/C31H39FN4O2/c32-26-17-8-7-16-25(26)31(38)33-21-11-20-29-34-27-18-9-10-19-28(27)35(29)22-30(37)36(23-12-3-1-4-13-23)24-14-5-2-6-15-24/h7-10,16-19,23-24H,1-6,11-15,20-22H2,(H,33,38). The number of nitrogens with zero attached hydrogens (tertiary/aromatic N) is 3. The van der Waals surface area contributed by atoms with Gasteiger partial charge >= 0.3 is 0 Å². The molecule has 0 saturated heterocycles. The van der Waals surface area contributed by atoms with Gasteiger partial charge in [-0.3, -0.25) is 9.59 Å². The molecule has 2 fully saturated rings. The SMILES string of the molecule is O=C(NCCCc1nc2ccccc2n1CC(=O)N(C1CCCCC1)C1CCCCC1)c1ccccc1F. The van der Waals surface area contributed by atoms with Crippen LogP contribution in [0.15, 0.2) is 48.5 Å². The highest BCUT2D eigenvalue weighted by Crippen LogP contribution is 2.31. The first kappa shape index (κ1) is 26.4. The van der Waals surface area contributed by atoms with Crippen molar-refractivity contribution in [1.82, 2.24) is 19.8 Å². The van der Waals surface area contributed by atoms with Gasteiger partial charge in [0.2, 0.25) is 5.91 Å². The van der Waals surface area contributed by atoms with Gasteiger partial charge in [-0.15, -0.1) is 0 Å². The van der Waals surface area contributed by atoms with Crippen molar-refractivity contribution < 1.29 is 14.0 Å². The number of hydrogen-bond donors (Lipinski definition) is 1. The Kier molecular flexibility index (Phi) is 8.72. The van der Waals surface area contributed by atoms with Gasteiger partial charge in [0.1, 0.15) is 18.2 Å². The van der Waals surface area contributed by atoms with E-state index in [9.17, 15) is 14.0 Å².